The minimum Gasteiger partial charge on any atom is -0.465 e. The number of anilines is 1. The zero-order valence-corrected chi connectivity index (χ0v) is 15.8. The smallest absolute Gasteiger partial charge is 0.244 e. The van der Waals surface area contributed by atoms with E-state index in [0.29, 0.717) is 16.6 Å². The van der Waals surface area contributed by atoms with Crippen molar-refractivity contribution in [2.75, 3.05) is 18.1 Å². The molecule has 28 heavy (non-hydrogen) atoms. The lowest BCUT2D eigenvalue weighted by molar-refractivity contribution is -0.117. The predicted molar refractivity (Wildman–Crippen MR) is 105 cm³/mol. The van der Waals surface area contributed by atoms with Gasteiger partial charge in [0, 0.05) is 24.7 Å². The molecule has 3 aromatic rings. The Morgan fingerprint density at radius 1 is 1.29 bits per heavy atom. The van der Waals surface area contributed by atoms with Gasteiger partial charge in [-0.3, -0.25) is 9.59 Å². The van der Waals surface area contributed by atoms with Crippen LogP contribution in [-0.4, -0.2) is 44.8 Å². The van der Waals surface area contributed by atoms with Crippen LogP contribution in [0.15, 0.2) is 58.3 Å². The zero-order chi connectivity index (χ0) is 19.8. The highest BCUT2D eigenvalue weighted by Crippen LogP contribution is 2.18. The molecule has 0 bridgehead atoms. The summed E-state index contributed by atoms with van der Waals surface area (Å²) in [6.45, 7) is 0.219. The van der Waals surface area contributed by atoms with Crippen molar-refractivity contribution in [2.45, 2.75) is 11.6 Å². The number of nitrogens with zero attached hydrogens (tertiary/aromatic N) is 4. The van der Waals surface area contributed by atoms with Crippen LogP contribution in [0.25, 0.3) is 11.8 Å². The minimum absolute atomic E-state index is 0.144. The molecular formula is C18H18N6O3S. The van der Waals surface area contributed by atoms with E-state index in [4.69, 9.17) is 4.42 Å². The molecule has 2 heterocycles. The molecule has 0 radical (unpaired) electrons. The summed E-state index contributed by atoms with van der Waals surface area (Å²) in [7, 11) is 0. The quantitative estimate of drug-likeness (QED) is 0.441. The molecule has 9 nitrogen and oxygen atoms in total. The minimum atomic E-state index is -0.297. The number of thioether (sulfide) groups is 1. The molecule has 144 valence electrons. The van der Waals surface area contributed by atoms with Crippen LogP contribution in [0.1, 0.15) is 12.2 Å². The van der Waals surface area contributed by atoms with E-state index in [2.05, 4.69) is 26.2 Å². The van der Waals surface area contributed by atoms with Crippen LogP contribution in [-0.2, 0) is 9.59 Å². The van der Waals surface area contributed by atoms with Gasteiger partial charge >= 0.3 is 0 Å². The van der Waals surface area contributed by atoms with Crippen molar-refractivity contribution in [1.29, 1.82) is 0 Å². The number of furan rings is 1. The maximum Gasteiger partial charge on any atom is 0.244 e. The molecule has 0 saturated carbocycles. The number of carbonyl (C=O) groups excluding carboxylic acids is 2. The number of amides is 2. The molecule has 10 heteroatoms. The summed E-state index contributed by atoms with van der Waals surface area (Å²) < 4.78 is 6.69. The van der Waals surface area contributed by atoms with Gasteiger partial charge in [0.15, 0.2) is 0 Å². The third kappa shape index (κ3) is 5.30. The Balaban J connectivity index is 1.48. The second kappa shape index (κ2) is 9.51. The van der Waals surface area contributed by atoms with Crippen molar-refractivity contribution in [3.8, 4) is 5.69 Å². The molecule has 0 spiro atoms. The molecule has 0 saturated heterocycles. The fraction of sp³-hybridized carbons (Fsp3) is 0.167. The third-order valence-corrected chi connectivity index (χ3v) is 4.21. The number of benzene rings is 1. The Kier molecular flexibility index (Phi) is 6.58. The largest absolute Gasteiger partial charge is 0.465 e. The summed E-state index contributed by atoms with van der Waals surface area (Å²) >= 11 is 1.42. The Morgan fingerprint density at radius 3 is 2.96 bits per heavy atom. The van der Waals surface area contributed by atoms with E-state index in [1.165, 1.54) is 24.1 Å². The Hall–Kier alpha value is -3.40. The van der Waals surface area contributed by atoms with Crippen LogP contribution < -0.4 is 10.6 Å². The molecule has 0 atom stereocenters. The van der Waals surface area contributed by atoms with Gasteiger partial charge in [-0.1, -0.05) is 17.8 Å². The standard InChI is InChI=1S/C18H18N6O3S/c1-28-18-21-22-23-24(18)14-5-2-4-13(12-14)20-17(26)9-10-19-16(25)8-7-15-6-3-11-27-15/h2-8,11-12H,9-10H2,1H3,(H,19,25)(H,20,26)/b8-7+. The molecule has 0 aliphatic rings. The summed E-state index contributed by atoms with van der Waals surface area (Å²) in [6.07, 6.45) is 6.47. The lowest BCUT2D eigenvalue weighted by Crippen LogP contribution is -2.26. The first-order valence-corrected chi connectivity index (χ1v) is 9.60. The summed E-state index contributed by atoms with van der Waals surface area (Å²) in [5.41, 5.74) is 1.36. The molecule has 2 N–H and O–H groups in total. The summed E-state index contributed by atoms with van der Waals surface area (Å²) in [5, 5.41) is 17.6. The number of hydrogen-bond acceptors (Lipinski definition) is 7. The highest BCUT2D eigenvalue weighted by Gasteiger charge is 2.09. The van der Waals surface area contributed by atoms with E-state index in [0.717, 1.165) is 5.69 Å². The van der Waals surface area contributed by atoms with E-state index in [9.17, 15) is 9.59 Å². The van der Waals surface area contributed by atoms with Crippen LogP contribution >= 0.6 is 11.8 Å². The molecule has 2 aromatic heterocycles. The van der Waals surface area contributed by atoms with E-state index >= 15 is 0 Å². The average molecular weight is 398 g/mol. The lowest BCUT2D eigenvalue weighted by atomic mass is 10.2. The first-order valence-electron chi connectivity index (χ1n) is 8.38. The molecule has 2 amide bonds. The number of hydrogen-bond donors (Lipinski definition) is 2. The van der Waals surface area contributed by atoms with Crippen LogP contribution in [0.2, 0.25) is 0 Å². The van der Waals surface area contributed by atoms with Gasteiger partial charge in [0.1, 0.15) is 5.76 Å². The van der Waals surface area contributed by atoms with Gasteiger partial charge in [-0.2, -0.15) is 4.68 Å². The third-order valence-electron chi connectivity index (χ3n) is 3.59. The SMILES string of the molecule is CSc1nnnn1-c1cccc(NC(=O)CCNC(=O)/C=C/c2ccco2)c1. The summed E-state index contributed by atoms with van der Waals surface area (Å²) in [6, 6.07) is 10.7. The highest BCUT2D eigenvalue weighted by atomic mass is 32.2. The van der Waals surface area contributed by atoms with Gasteiger partial charge < -0.3 is 15.1 Å². The van der Waals surface area contributed by atoms with E-state index in [1.54, 1.807) is 41.1 Å². The van der Waals surface area contributed by atoms with Crippen molar-refractivity contribution < 1.29 is 14.0 Å². The topological polar surface area (TPSA) is 115 Å². The van der Waals surface area contributed by atoms with Gasteiger partial charge in [0.25, 0.3) is 0 Å². The molecule has 0 aliphatic heterocycles. The molecule has 0 unspecified atom stereocenters. The molecule has 1 aromatic carbocycles. The van der Waals surface area contributed by atoms with Crippen molar-refractivity contribution >= 4 is 35.3 Å². The number of nitrogens with one attached hydrogen (secondary N) is 2. The zero-order valence-electron chi connectivity index (χ0n) is 15.0. The van der Waals surface area contributed by atoms with Crippen LogP contribution in [0.5, 0.6) is 0 Å². The lowest BCUT2D eigenvalue weighted by Gasteiger charge is -2.08. The number of aromatic nitrogens is 4. The fourth-order valence-corrected chi connectivity index (χ4v) is 2.74. The van der Waals surface area contributed by atoms with Gasteiger partial charge in [0.05, 0.1) is 12.0 Å². The second-order valence-corrected chi connectivity index (χ2v) is 6.34. The van der Waals surface area contributed by atoms with E-state index in [1.807, 2.05) is 12.3 Å². The van der Waals surface area contributed by atoms with Crippen LogP contribution in [0, 0.1) is 0 Å². The maximum atomic E-state index is 12.1. The van der Waals surface area contributed by atoms with E-state index < -0.39 is 0 Å². The Labute approximate surface area is 165 Å². The van der Waals surface area contributed by atoms with Gasteiger partial charge in [0.2, 0.25) is 17.0 Å². The Morgan fingerprint density at radius 2 is 2.18 bits per heavy atom. The van der Waals surface area contributed by atoms with Crippen molar-refractivity contribution in [1.82, 2.24) is 25.5 Å². The predicted octanol–water partition coefficient (Wildman–Crippen LogP) is 2.14. The Bertz CT molecular complexity index is 967. The molecule has 3 rings (SSSR count). The van der Waals surface area contributed by atoms with Gasteiger partial charge in [-0.25, -0.2) is 0 Å². The van der Waals surface area contributed by atoms with Crippen molar-refractivity contribution in [3.05, 3.63) is 54.5 Å². The molecule has 0 aliphatic carbocycles. The summed E-state index contributed by atoms with van der Waals surface area (Å²) in [5.74, 6) is 0.0729. The van der Waals surface area contributed by atoms with Gasteiger partial charge in [-0.05, 0) is 53.1 Å². The molecular weight excluding hydrogens is 380 g/mol. The number of carbonyl (C=O) groups is 2. The first-order chi connectivity index (χ1) is 13.7. The number of rotatable bonds is 8. The monoisotopic (exact) mass is 398 g/mol. The van der Waals surface area contributed by atoms with Crippen molar-refractivity contribution in [2.24, 2.45) is 0 Å². The fourth-order valence-electron chi connectivity index (χ4n) is 2.31. The first kappa shape index (κ1) is 19.4. The van der Waals surface area contributed by atoms with Crippen molar-refractivity contribution in [3.63, 3.8) is 0 Å². The van der Waals surface area contributed by atoms with E-state index in [-0.39, 0.29) is 24.8 Å². The average Bonchev–Trinajstić information content (AvgIpc) is 3.38. The second-order valence-electron chi connectivity index (χ2n) is 5.57. The molecule has 0 fully saturated rings. The van der Waals surface area contributed by atoms with Crippen LogP contribution in [0.3, 0.4) is 0 Å². The number of tetrazole rings is 1. The normalized spacial score (nSPS) is 10.9. The highest BCUT2D eigenvalue weighted by molar-refractivity contribution is 7.98. The summed E-state index contributed by atoms with van der Waals surface area (Å²) in [4.78, 5) is 23.8. The van der Waals surface area contributed by atoms with Crippen LogP contribution in [0.4, 0.5) is 5.69 Å². The maximum absolute atomic E-state index is 12.1. The van der Waals surface area contributed by atoms with Gasteiger partial charge in [-0.15, -0.1) is 5.10 Å².